The minimum Gasteiger partial charge on any atom is -0.372 e. The molecule has 0 saturated heterocycles. The van der Waals surface area contributed by atoms with E-state index in [1.54, 1.807) is 0 Å². The third kappa shape index (κ3) is 3.31. The predicted molar refractivity (Wildman–Crippen MR) is 66.0 cm³/mol. The molecule has 0 fully saturated rings. The van der Waals surface area contributed by atoms with Crippen molar-refractivity contribution in [2.45, 2.75) is 6.92 Å². The Hall–Kier alpha value is -0.540. The SMILES string of the molecule is CCNCCN(C)c1ccccc1Br. The summed E-state index contributed by atoms with van der Waals surface area (Å²) < 4.78 is 1.15. The van der Waals surface area contributed by atoms with Gasteiger partial charge in [0, 0.05) is 24.6 Å². The van der Waals surface area contributed by atoms with E-state index in [-0.39, 0.29) is 0 Å². The molecule has 1 rings (SSSR count). The van der Waals surface area contributed by atoms with Crippen molar-refractivity contribution in [3.05, 3.63) is 28.7 Å². The van der Waals surface area contributed by atoms with Crippen LogP contribution in [0.15, 0.2) is 28.7 Å². The molecule has 0 aliphatic rings. The zero-order chi connectivity index (χ0) is 10.4. The molecule has 0 unspecified atom stereocenters. The molecule has 0 aromatic heterocycles. The van der Waals surface area contributed by atoms with Crippen molar-refractivity contribution in [2.75, 3.05) is 31.6 Å². The average molecular weight is 257 g/mol. The second kappa shape index (κ2) is 6.04. The van der Waals surface area contributed by atoms with Crippen LogP contribution >= 0.6 is 15.9 Å². The zero-order valence-electron chi connectivity index (χ0n) is 8.76. The molecule has 1 aromatic carbocycles. The first-order chi connectivity index (χ1) is 6.75. The number of nitrogens with zero attached hydrogens (tertiary/aromatic N) is 1. The molecule has 0 radical (unpaired) electrons. The summed E-state index contributed by atoms with van der Waals surface area (Å²) in [6, 6.07) is 8.28. The topological polar surface area (TPSA) is 15.3 Å². The first-order valence-corrected chi connectivity index (χ1v) is 5.71. The highest BCUT2D eigenvalue weighted by Gasteiger charge is 2.02. The van der Waals surface area contributed by atoms with Crippen molar-refractivity contribution in [1.29, 1.82) is 0 Å². The average Bonchev–Trinajstić information content (AvgIpc) is 2.18. The van der Waals surface area contributed by atoms with Gasteiger partial charge in [0.05, 0.1) is 5.69 Å². The van der Waals surface area contributed by atoms with Crippen molar-refractivity contribution in [1.82, 2.24) is 5.32 Å². The zero-order valence-corrected chi connectivity index (χ0v) is 10.3. The van der Waals surface area contributed by atoms with E-state index in [0.717, 1.165) is 24.1 Å². The minimum atomic E-state index is 1.02. The van der Waals surface area contributed by atoms with Gasteiger partial charge in [-0.25, -0.2) is 0 Å². The number of anilines is 1. The van der Waals surface area contributed by atoms with Crippen molar-refractivity contribution in [2.24, 2.45) is 0 Å². The quantitative estimate of drug-likeness (QED) is 0.815. The van der Waals surface area contributed by atoms with Crippen molar-refractivity contribution >= 4 is 21.6 Å². The van der Waals surface area contributed by atoms with Gasteiger partial charge in [-0.05, 0) is 34.6 Å². The van der Waals surface area contributed by atoms with Crippen LogP contribution in [0.2, 0.25) is 0 Å². The van der Waals surface area contributed by atoms with Gasteiger partial charge in [-0.3, -0.25) is 0 Å². The largest absolute Gasteiger partial charge is 0.372 e. The van der Waals surface area contributed by atoms with Crippen LogP contribution in [-0.2, 0) is 0 Å². The number of halogens is 1. The number of likely N-dealkylation sites (N-methyl/N-ethyl adjacent to an activating group) is 2. The molecular formula is C11H17BrN2. The van der Waals surface area contributed by atoms with Gasteiger partial charge >= 0.3 is 0 Å². The van der Waals surface area contributed by atoms with Crippen molar-refractivity contribution in [3.8, 4) is 0 Å². The van der Waals surface area contributed by atoms with E-state index in [9.17, 15) is 0 Å². The van der Waals surface area contributed by atoms with E-state index in [1.165, 1.54) is 5.69 Å². The molecule has 0 saturated carbocycles. The molecule has 0 amide bonds. The molecular weight excluding hydrogens is 240 g/mol. The van der Waals surface area contributed by atoms with Gasteiger partial charge in [0.15, 0.2) is 0 Å². The Labute approximate surface area is 94.4 Å². The summed E-state index contributed by atoms with van der Waals surface area (Å²) in [5.41, 5.74) is 1.24. The first-order valence-electron chi connectivity index (χ1n) is 4.92. The summed E-state index contributed by atoms with van der Waals surface area (Å²) in [5.74, 6) is 0. The van der Waals surface area contributed by atoms with E-state index < -0.39 is 0 Å². The Bertz CT molecular complexity index is 276. The maximum Gasteiger partial charge on any atom is 0.0508 e. The number of benzene rings is 1. The van der Waals surface area contributed by atoms with Crippen LogP contribution in [0.5, 0.6) is 0 Å². The van der Waals surface area contributed by atoms with Crippen LogP contribution in [0, 0.1) is 0 Å². The number of nitrogens with one attached hydrogen (secondary N) is 1. The predicted octanol–water partition coefficient (Wildman–Crippen LogP) is 2.49. The van der Waals surface area contributed by atoms with Gasteiger partial charge in [0.2, 0.25) is 0 Å². The lowest BCUT2D eigenvalue weighted by molar-refractivity contribution is 0.705. The summed E-state index contributed by atoms with van der Waals surface area (Å²) in [6.45, 7) is 5.20. The minimum absolute atomic E-state index is 1.02. The molecule has 78 valence electrons. The lowest BCUT2D eigenvalue weighted by Gasteiger charge is -2.20. The fourth-order valence-electron chi connectivity index (χ4n) is 1.31. The summed E-state index contributed by atoms with van der Waals surface area (Å²) in [4.78, 5) is 2.24. The van der Waals surface area contributed by atoms with Crippen LogP contribution in [-0.4, -0.2) is 26.7 Å². The summed E-state index contributed by atoms with van der Waals surface area (Å²) >= 11 is 3.54. The molecule has 0 atom stereocenters. The smallest absolute Gasteiger partial charge is 0.0508 e. The number of rotatable bonds is 5. The summed E-state index contributed by atoms with van der Waals surface area (Å²) in [6.07, 6.45) is 0. The molecule has 0 aliphatic heterocycles. The fraction of sp³-hybridized carbons (Fsp3) is 0.455. The first kappa shape index (κ1) is 11.5. The van der Waals surface area contributed by atoms with Gasteiger partial charge < -0.3 is 10.2 Å². The Morgan fingerprint density at radius 2 is 2.07 bits per heavy atom. The second-order valence-corrected chi connectivity index (χ2v) is 4.08. The lowest BCUT2D eigenvalue weighted by Crippen LogP contribution is -2.29. The van der Waals surface area contributed by atoms with Crippen molar-refractivity contribution in [3.63, 3.8) is 0 Å². The van der Waals surface area contributed by atoms with E-state index in [2.05, 4.69) is 58.3 Å². The van der Waals surface area contributed by atoms with Crippen LogP contribution in [0.3, 0.4) is 0 Å². The standard InChI is InChI=1S/C11H17BrN2/c1-3-13-8-9-14(2)11-7-5-4-6-10(11)12/h4-7,13H,3,8-9H2,1-2H3. The molecule has 0 aliphatic carbocycles. The van der Waals surface area contributed by atoms with E-state index in [4.69, 9.17) is 0 Å². The molecule has 14 heavy (non-hydrogen) atoms. The highest BCUT2D eigenvalue weighted by atomic mass is 79.9. The Balaban J connectivity index is 2.51. The summed E-state index contributed by atoms with van der Waals surface area (Å²) in [7, 11) is 2.11. The van der Waals surface area contributed by atoms with Crippen LogP contribution in [0.1, 0.15) is 6.92 Å². The van der Waals surface area contributed by atoms with Gasteiger partial charge in [0.25, 0.3) is 0 Å². The van der Waals surface area contributed by atoms with Crippen LogP contribution < -0.4 is 10.2 Å². The van der Waals surface area contributed by atoms with E-state index in [1.807, 2.05) is 6.07 Å². The van der Waals surface area contributed by atoms with E-state index >= 15 is 0 Å². The maximum absolute atomic E-state index is 3.54. The lowest BCUT2D eigenvalue weighted by atomic mass is 10.3. The molecule has 1 aromatic rings. The van der Waals surface area contributed by atoms with Gasteiger partial charge in [-0.1, -0.05) is 19.1 Å². The third-order valence-corrected chi connectivity index (χ3v) is 2.81. The molecule has 0 bridgehead atoms. The van der Waals surface area contributed by atoms with Gasteiger partial charge in [0.1, 0.15) is 0 Å². The van der Waals surface area contributed by atoms with E-state index in [0.29, 0.717) is 0 Å². The highest BCUT2D eigenvalue weighted by Crippen LogP contribution is 2.23. The number of hydrogen-bond donors (Lipinski definition) is 1. The molecule has 0 heterocycles. The Morgan fingerprint density at radius 1 is 1.36 bits per heavy atom. The van der Waals surface area contributed by atoms with Crippen molar-refractivity contribution < 1.29 is 0 Å². The van der Waals surface area contributed by atoms with Crippen LogP contribution in [0.25, 0.3) is 0 Å². The molecule has 1 N–H and O–H groups in total. The molecule has 2 nitrogen and oxygen atoms in total. The maximum atomic E-state index is 3.54. The normalized spacial score (nSPS) is 10.2. The van der Waals surface area contributed by atoms with Gasteiger partial charge in [-0.2, -0.15) is 0 Å². The highest BCUT2D eigenvalue weighted by molar-refractivity contribution is 9.10. The Morgan fingerprint density at radius 3 is 2.71 bits per heavy atom. The van der Waals surface area contributed by atoms with Crippen LogP contribution in [0.4, 0.5) is 5.69 Å². The molecule has 3 heteroatoms. The number of para-hydroxylation sites is 1. The second-order valence-electron chi connectivity index (χ2n) is 3.23. The summed E-state index contributed by atoms with van der Waals surface area (Å²) in [5, 5.41) is 3.31. The monoisotopic (exact) mass is 256 g/mol. The fourth-order valence-corrected chi connectivity index (χ4v) is 1.89. The number of hydrogen-bond acceptors (Lipinski definition) is 2. The van der Waals surface area contributed by atoms with Gasteiger partial charge in [-0.15, -0.1) is 0 Å². The Kier molecular flexibility index (Phi) is 4.98. The molecule has 0 spiro atoms. The third-order valence-electron chi connectivity index (χ3n) is 2.14.